The maximum atomic E-state index is 11.4. The number of aromatic nitrogens is 3. The van der Waals surface area contributed by atoms with Crippen molar-refractivity contribution >= 4 is 27.7 Å². The summed E-state index contributed by atoms with van der Waals surface area (Å²) in [6.07, 6.45) is 0. The molecule has 0 aromatic carbocycles. The van der Waals surface area contributed by atoms with Gasteiger partial charge in [-0.05, 0) is 13.8 Å². The summed E-state index contributed by atoms with van der Waals surface area (Å²) >= 11 is 0. The minimum Gasteiger partial charge on any atom is -0.368 e. The molecule has 0 atom stereocenters. The molecule has 1 saturated heterocycles. The molecule has 1 aliphatic heterocycles. The molecule has 9 heteroatoms. The van der Waals surface area contributed by atoms with Gasteiger partial charge in [0, 0.05) is 26.2 Å². The van der Waals surface area contributed by atoms with Crippen molar-refractivity contribution in [3.63, 3.8) is 0 Å². The van der Waals surface area contributed by atoms with E-state index in [0.29, 0.717) is 25.0 Å². The van der Waals surface area contributed by atoms with Gasteiger partial charge < -0.3 is 15.5 Å². The summed E-state index contributed by atoms with van der Waals surface area (Å²) in [5, 5.41) is 0. The summed E-state index contributed by atoms with van der Waals surface area (Å²) < 4.78 is 22.9. The Morgan fingerprint density at radius 3 is 2.30 bits per heavy atom. The Bertz CT molecular complexity index is 558. The van der Waals surface area contributed by atoms with Crippen LogP contribution in [0.5, 0.6) is 0 Å². The quantitative estimate of drug-likeness (QED) is 0.796. The summed E-state index contributed by atoms with van der Waals surface area (Å²) in [7, 11) is -2.92. The van der Waals surface area contributed by atoms with Crippen molar-refractivity contribution in [1.29, 1.82) is 0 Å². The second kappa shape index (κ2) is 5.78. The average Bonchev–Trinajstić information content (AvgIpc) is 2.39. The molecule has 0 spiro atoms. The minimum absolute atomic E-state index is 0.124. The third kappa shape index (κ3) is 3.27. The summed E-state index contributed by atoms with van der Waals surface area (Å²) in [4.78, 5) is 16.5. The number of rotatable bonds is 4. The molecule has 2 heterocycles. The van der Waals surface area contributed by atoms with Crippen molar-refractivity contribution in [2.75, 3.05) is 53.2 Å². The van der Waals surface area contributed by atoms with E-state index in [1.807, 2.05) is 23.6 Å². The number of sulfone groups is 1. The van der Waals surface area contributed by atoms with Crippen LogP contribution in [0.15, 0.2) is 0 Å². The smallest absolute Gasteiger partial charge is 0.232 e. The van der Waals surface area contributed by atoms with E-state index in [2.05, 4.69) is 15.0 Å². The van der Waals surface area contributed by atoms with E-state index < -0.39 is 9.84 Å². The number of anilines is 3. The van der Waals surface area contributed by atoms with Gasteiger partial charge in [-0.3, -0.25) is 0 Å². The van der Waals surface area contributed by atoms with Gasteiger partial charge in [0.1, 0.15) is 0 Å². The topological polar surface area (TPSA) is 105 Å². The van der Waals surface area contributed by atoms with Crippen LogP contribution in [-0.2, 0) is 9.84 Å². The highest BCUT2D eigenvalue weighted by atomic mass is 32.2. The zero-order valence-electron chi connectivity index (χ0n) is 11.8. The molecule has 8 nitrogen and oxygen atoms in total. The van der Waals surface area contributed by atoms with Gasteiger partial charge in [-0.1, -0.05) is 0 Å². The first-order valence-corrected chi connectivity index (χ1v) is 8.49. The van der Waals surface area contributed by atoms with Crippen LogP contribution >= 0.6 is 0 Å². The third-order valence-electron chi connectivity index (χ3n) is 3.30. The van der Waals surface area contributed by atoms with Crippen LogP contribution in [0.3, 0.4) is 0 Å². The number of nitrogen functional groups attached to an aromatic ring is 1. The second-order valence-electron chi connectivity index (χ2n) is 4.60. The Hall–Kier alpha value is -1.64. The highest BCUT2D eigenvalue weighted by molar-refractivity contribution is 7.91. The Kier molecular flexibility index (Phi) is 4.26. The summed E-state index contributed by atoms with van der Waals surface area (Å²) in [6.45, 7) is 6.35. The molecule has 20 heavy (non-hydrogen) atoms. The van der Waals surface area contributed by atoms with E-state index in [4.69, 9.17) is 5.73 Å². The van der Waals surface area contributed by atoms with E-state index in [1.165, 1.54) is 0 Å². The Balaban J connectivity index is 2.24. The zero-order chi connectivity index (χ0) is 14.8. The lowest BCUT2D eigenvalue weighted by Crippen LogP contribution is -2.41. The van der Waals surface area contributed by atoms with Crippen molar-refractivity contribution in [2.24, 2.45) is 0 Å². The molecular weight excluding hydrogens is 280 g/mol. The molecule has 0 amide bonds. The maximum absolute atomic E-state index is 11.4. The van der Waals surface area contributed by atoms with Crippen molar-refractivity contribution in [3.8, 4) is 0 Å². The molecule has 0 saturated carbocycles. The number of hydrogen-bond acceptors (Lipinski definition) is 8. The van der Waals surface area contributed by atoms with E-state index in [9.17, 15) is 8.42 Å². The fraction of sp³-hybridized carbons (Fsp3) is 0.727. The van der Waals surface area contributed by atoms with Crippen LogP contribution in [0.2, 0.25) is 0 Å². The number of nitrogens with two attached hydrogens (primary N) is 1. The first-order valence-electron chi connectivity index (χ1n) is 6.67. The maximum Gasteiger partial charge on any atom is 0.232 e. The Morgan fingerprint density at radius 2 is 1.75 bits per heavy atom. The molecule has 0 bridgehead atoms. The lowest BCUT2D eigenvalue weighted by atomic mass is 10.5. The van der Waals surface area contributed by atoms with Crippen LogP contribution in [-0.4, -0.2) is 61.1 Å². The van der Waals surface area contributed by atoms with Crippen molar-refractivity contribution in [1.82, 2.24) is 15.0 Å². The van der Waals surface area contributed by atoms with Crippen LogP contribution in [0.4, 0.5) is 17.8 Å². The summed E-state index contributed by atoms with van der Waals surface area (Å²) in [5.41, 5.74) is 5.73. The Labute approximate surface area is 118 Å². The predicted molar refractivity (Wildman–Crippen MR) is 78.7 cm³/mol. The van der Waals surface area contributed by atoms with Crippen LogP contribution in [0, 0.1) is 0 Å². The molecule has 1 fully saturated rings. The molecule has 0 aliphatic carbocycles. The average molecular weight is 300 g/mol. The fourth-order valence-electron chi connectivity index (χ4n) is 2.07. The van der Waals surface area contributed by atoms with Crippen molar-refractivity contribution in [2.45, 2.75) is 13.8 Å². The molecule has 2 rings (SSSR count). The fourth-order valence-corrected chi connectivity index (χ4v) is 3.27. The summed E-state index contributed by atoms with van der Waals surface area (Å²) in [5.74, 6) is 1.39. The zero-order valence-corrected chi connectivity index (χ0v) is 12.6. The van der Waals surface area contributed by atoms with Gasteiger partial charge in [0.15, 0.2) is 9.84 Å². The van der Waals surface area contributed by atoms with E-state index in [-0.39, 0.29) is 17.5 Å². The third-order valence-corrected chi connectivity index (χ3v) is 4.91. The molecule has 0 radical (unpaired) electrons. The molecule has 0 unspecified atom stereocenters. The molecule has 1 aliphatic rings. The molecule has 2 N–H and O–H groups in total. The van der Waals surface area contributed by atoms with E-state index in [0.717, 1.165) is 13.1 Å². The largest absolute Gasteiger partial charge is 0.368 e. The Morgan fingerprint density at radius 1 is 1.15 bits per heavy atom. The highest BCUT2D eigenvalue weighted by Gasteiger charge is 2.24. The number of nitrogens with zero attached hydrogens (tertiary/aromatic N) is 5. The van der Waals surface area contributed by atoms with Gasteiger partial charge in [-0.2, -0.15) is 15.0 Å². The lowest BCUT2D eigenvalue weighted by Gasteiger charge is -2.27. The monoisotopic (exact) mass is 300 g/mol. The van der Waals surface area contributed by atoms with Crippen LogP contribution in [0.25, 0.3) is 0 Å². The van der Waals surface area contributed by atoms with Gasteiger partial charge in [-0.15, -0.1) is 0 Å². The molecule has 1 aromatic rings. The van der Waals surface area contributed by atoms with E-state index >= 15 is 0 Å². The first kappa shape index (κ1) is 14.8. The molecule has 1 aromatic heterocycles. The van der Waals surface area contributed by atoms with Crippen molar-refractivity contribution in [3.05, 3.63) is 0 Å². The van der Waals surface area contributed by atoms with Crippen LogP contribution in [0.1, 0.15) is 13.8 Å². The molecular formula is C11H20N6O2S. The summed E-state index contributed by atoms with van der Waals surface area (Å²) in [6, 6.07) is 0. The lowest BCUT2D eigenvalue weighted by molar-refractivity contribution is 0.585. The second-order valence-corrected chi connectivity index (χ2v) is 6.91. The van der Waals surface area contributed by atoms with Gasteiger partial charge in [0.25, 0.3) is 0 Å². The van der Waals surface area contributed by atoms with Crippen molar-refractivity contribution < 1.29 is 8.42 Å². The van der Waals surface area contributed by atoms with Crippen LogP contribution < -0.4 is 15.5 Å². The normalized spacial score (nSPS) is 18.0. The highest BCUT2D eigenvalue weighted by Crippen LogP contribution is 2.17. The number of hydrogen-bond donors (Lipinski definition) is 1. The van der Waals surface area contributed by atoms with Gasteiger partial charge in [-0.25, -0.2) is 8.42 Å². The minimum atomic E-state index is -2.92. The molecule has 112 valence electrons. The van der Waals surface area contributed by atoms with Gasteiger partial charge in [0.2, 0.25) is 17.8 Å². The van der Waals surface area contributed by atoms with Gasteiger partial charge >= 0.3 is 0 Å². The van der Waals surface area contributed by atoms with Gasteiger partial charge in [0.05, 0.1) is 11.5 Å². The standard InChI is InChI=1S/C11H20N6O2S/c1-3-16(4-2)10-13-9(12)14-11(15-10)17-5-7-20(18,19)8-6-17/h3-8H2,1-2H3,(H2,12,13,14,15). The predicted octanol–water partition coefficient (Wildman–Crippen LogP) is -0.465. The van der Waals surface area contributed by atoms with E-state index in [1.54, 1.807) is 0 Å². The SMILES string of the molecule is CCN(CC)c1nc(N)nc(N2CCS(=O)(=O)CC2)n1. The first-order chi connectivity index (χ1) is 9.45.